The van der Waals surface area contributed by atoms with Gasteiger partial charge in [-0.1, -0.05) is 13.3 Å². The summed E-state index contributed by atoms with van der Waals surface area (Å²) in [6.45, 7) is 5.20. The molecule has 1 fully saturated rings. The summed E-state index contributed by atoms with van der Waals surface area (Å²) in [6, 6.07) is 0. The molecule has 1 amide bonds. The Morgan fingerprint density at radius 2 is 1.81 bits per heavy atom. The van der Waals surface area contributed by atoms with Gasteiger partial charge in [0.1, 0.15) is 0 Å². The molecule has 0 aromatic carbocycles. The lowest BCUT2D eigenvalue weighted by atomic mass is 10.3. The van der Waals surface area contributed by atoms with Crippen molar-refractivity contribution in [2.24, 2.45) is 0 Å². The summed E-state index contributed by atoms with van der Waals surface area (Å²) in [5.74, 6) is -1.21. The minimum Gasteiger partial charge on any atom is -0.459 e. The monoisotopic (exact) mass is 228 g/mol. The maximum absolute atomic E-state index is 11.6. The van der Waals surface area contributed by atoms with Crippen molar-refractivity contribution in [1.82, 2.24) is 9.80 Å². The summed E-state index contributed by atoms with van der Waals surface area (Å²) in [7, 11) is 2.00. The van der Waals surface area contributed by atoms with Crippen molar-refractivity contribution >= 4 is 11.9 Å². The first-order chi connectivity index (χ1) is 7.65. The van der Waals surface area contributed by atoms with Crippen molar-refractivity contribution < 1.29 is 14.3 Å². The predicted molar refractivity (Wildman–Crippen MR) is 59.9 cm³/mol. The summed E-state index contributed by atoms with van der Waals surface area (Å²) in [6.07, 6.45) is 1.76. The molecular formula is C11H20N2O3. The molecule has 16 heavy (non-hydrogen) atoms. The van der Waals surface area contributed by atoms with Gasteiger partial charge in [-0.25, -0.2) is 4.79 Å². The van der Waals surface area contributed by atoms with Crippen LogP contribution in [0.3, 0.4) is 0 Å². The molecule has 5 nitrogen and oxygen atoms in total. The molecule has 1 aliphatic rings. The largest absolute Gasteiger partial charge is 0.459 e. The van der Waals surface area contributed by atoms with Crippen LogP contribution < -0.4 is 0 Å². The molecule has 0 saturated carbocycles. The van der Waals surface area contributed by atoms with E-state index in [0.29, 0.717) is 19.7 Å². The van der Waals surface area contributed by atoms with E-state index in [1.165, 1.54) is 0 Å². The molecule has 1 aliphatic heterocycles. The summed E-state index contributed by atoms with van der Waals surface area (Å²) in [4.78, 5) is 26.7. The predicted octanol–water partition coefficient (Wildman–Crippen LogP) is 0.104. The van der Waals surface area contributed by atoms with Crippen LogP contribution in [-0.2, 0) is 14.3 Å². The molecule has 5 heteroatoms. The Kier molecular flexibility index (Phi) is 5.25. The molecule has 0 atom stereocenters. The van der Waals surface area contributed by atoms with Crippen molar-refractivity contribution in [3.63, 3.8) is 0 Å². The second-order valence-electron chi connectivity index (χ2n) is 4.08. The van der Waals surface area contributed by atoms with Gasteiger partial charge in [0.15, 0.2) is 0 Å². The van der Waals surface area contributed by atoms with Gasteiger partial charge in [-0.2, -0.15) is 0 Å². The highest BCUT2D eigenvalue weighted by Gasteiger charge is 2.25. The van der Waals surface area contributed by atoms with Crippen LogP contribution in [-0.4, -0.2) is 61.5 Å². The Morgan fingerprint density at radius 1 is 1.19 bits per heavy atom. The number of rotatable bonds is 3. The zero-order valence-corrected chi connectivity index (χ0v) is 10.1. The smallest absolute Gasteiger partial charge is 0.397 e. The quantitative estimate of drug-likeness (QED) is 0.391. The van der Waals surface area contributed by atoms with Crippen LogP contribution in [0.5, 0.6) is 0 Å². The fourth-order valence-corrected chi connectivity index (χ4v) is 1.51. The Morgan fingerprint density at radius 3 is 2.38 bits per heavy atom. The van der Waals surface area contributed by atoms with E-state index < -0.39 is 11.9 Å². The van der Waals surface area contributed by atoms with Gasteiger partial charge in [-0.05, 0) is 13.5 Å². The van der Waals surface area contributed by atoms with Crippen LogP contribution in [0.1, 0.15) is 19.8 Å². The zero-order chi connectivity index (χ0) is 12.0. The van der Waals surface area contributed by atoms with Crippen LogP contribution in [0, 0.1) is 0 Å². The molecule has 0 radical (unpaired) electrons. The van der Waals surface area contributed by atoms with Crippen LogP contribution in [0.4, 0.5) is 0 Å². The minimum absolute atomic E-state index is 0.342. The van der Waals surface area contributed by atoms with E-state index >= 15 is 0 Å². The number of nitrogens with zero attached hydrogens (tertiary/aromatic N) is 2. The summed E-state index contributed by atoms with van der Waals surface area (Å²) in [5.41, 5.74) is 0. The molecule has 1 saturated heterocycles. The van der Waals surface area contributed by atoms with Gasteiger partial charge in [-0.15, -0.1) is 0 Å². The highest BCUT2D eigenvalue weighted by atomic mass is 16.5. The topological polar surface area (TPSA) is 49.9 Å². The normalized spacial score (nSPS) is 17.2. The molecule has 0 spiro atoms. The Hall–Kier alpha value is -1.10. The molecule has 92 valence electrons. The lowest BCUT2D eigenvalue weighted by molar-refractivity contribution is -0.161. The summed E-state index contributed by atoms with van der Waals surface area (Å²) < 4.78 is 4.88. The standard InChI is InChI=1S/C11H20N2O3/c1-3-4-9-16-11(15)10(14)13-7-5-12(2)6-8-13/h3-9H2,1-2H3. The third-order valence-electron chi connectivity index (χ3n) is 2.70. The maximum atomic E-state index is 11.6. The number of carbonyl (C=O) groups excluding carboxylic acids is 2. The van der Waals surface area contributed by atoms with Crippen LogP contribution in [0.15, 0.2) is 0 Å². The van der Waals surface area contributed by atoms with E-state index in [4.69, 9.17) is 4.74 Å². The molecule has 1 rings (SSSR count). The first-order valence-corrected chi connectivity index (χ1v) is 5.79. The van der Waals surface area contributed by atoms with E-state index in [-0.39, 0.29) is 0 Å². The summed E-state index contributed by atoms with van der Waals surface area (Å²) >= 11 is 0. The number of unbranched alkanes of at least 4 members (excludes halogenated alkanes) is 1. The first-order valence-electron chi connectivity index (χ1n) is 5.79. The van der Waals surface area contributed by atoms with Crippen molar-refractivity contribution in [2.45, 2.75) is 19.8 Å². The first kappa shape index (κ1) is 13.0. The van der Waals surface area contributed by atoms with Crippen molar-refractivity contribution in [3.05, 3.63) is 0 Å². The maximum Gasteiger partial charge on any atom is 0.397 e. The molecule has 0 N–H and O–H groups in total. The van der Waals surface area contributed by atoms with E-state index in [0.717, 1.165) is 25.9 Å². The fraction of sp³-hybridized carbons (Fsp3) is 0.818. The number of piperazine rings is 1. The average Bonchev–Trinajstić information content (AvgIpc) is 2.29. The number of amides is 1. The molecule has 0 aromatic heterocycles. The third-order valence-corrected chi connectivity index (χ3v) is 2.70. The SMILES string of the molecule is CCCCOC(=O)C(=O)N1CCN(C)CC1. The Labute approximate surface area is 96.3 Å². The Bertz CT molecular complexity index is 248. The van der Waals surface area contributed by atoms with Gasteiger partial charge >= 0.3 is 11.9 Å². The molecule has 1 heterocycles. The van der Waals surface area contributed by atoms with Gasteiger partial charge in [0.2, 0.25) is 0 Å². The highest BCUT2D eigenvalue weighted by molar-refractivity contribution is 6.32. The number of ether oxygens (including phenoxy) is 1. The Balaban J connectivity index is 2.30. The lowest BCUT2D eigenvalue weighted by Crippen LogP contribution is -2.49. The van der Waals surface area contributed by atoms with Crippen LogP contribution >= 0.6 is 0 Å². The number of carbonyl (C=O) groups is 2. The van der Waals surface area contributed by atoms with Crippen molar-refractivity contribution in [1.29, 1.82) is 0 Å². The molecule has 0 bridgehead atoms. The second-order valence-corrected chi connectivity index (χ2v) is 4.08. The number of hydrogen-bond acceptors (Lipinski definition) is 4. The minimum atomic E-state index is -0.710. The van der Waals surface area contributed by atoms with Gasteiger partial charge in [0, 0.05) is 26.2 Å². The third kappa shape index (κ3) is 3.81. The van der Waals surface area contributed by atoms with Gasteiger partial charge in [0.05, 0.1) is 6.61 Å². The van der Waals surface area contributed by atoms with E-state index in [1.807, 2.05) is 14.0 Å². The molecule has 0 aliphatic carbocycles. The average molecular weight is 228 g/mol. The highest BCUT2D eigenvalue weighted by Crippen LogP contribution is 2.01. The number of esters is 1. The summed E-state index contributed by atoms with van der Waals surface area (Å²) in [5, 5.41) is 0. The van der Waals surface area contributed by atoms with Gasteiger partial charge in [0.25, 0.3) is 0 Å². The molecule has 0 aromatic rings. The zero-order valence-electron chi connectivity index (χ0n) is 10.1. The van der Waals surface area contributed by atoms with E-state index in [2.05, 4.69) is 4.90 Å². The van der Waals surface area contributed by atoms with Crippen molar-refractivity contribution in [2.75, 3.05) is 39.8 Å². The van der Waals surface area contributed by atoms with Gasteiger partial charge < -0.3 is 14.5 Å². The van der Waals surface area contributed by atoms with E-state index in [9.17, 15) is 9.59 Å². The van der Waals surface area contributed by atoms with Crippen LogP contribution in [0.2, 0.25) is 0 Å². The lowest BCUT2D eigenvalue weighted by Gasteiger charge is -2.31. The van der Waals surface area contributed by atoms with Gasteiger partial charge in [-0.3, -0.25) is 4.79 Å². The van der Waals surface area contributed by atoms with E-state index in [1.54, 1.807) is 4.90 Å². The number of likely N-dealkylation sites (N-methyl/N-ethyl adjacent to an activating group) is 1. The second kappa shape index (κ2) is 6.48. The van der Waals surface area contributed by atoms with Crippen molar-refractivity contribution in [3.8, 4) is 0 Å². The number of hydrogen-bond donors (Lipinski definition) is 0. The molecule has 0 unspecified atom stereocenters. The van der Waals surface area contributed by atoms with Crippen LogP contribution in [0.25, 0.3) is 0 Å². The fourth-order valence-electron chi connectivity index (χ4n) is 1.51. The molecular weight excluding hydrogens is 208 g/mol.